The first-order chi connectivity index (χ1) is 14.8. The summed E-state index contributed by atoms with van der Waals surface area (Å²) in [5, 5.41) is 13.7. The summed E-state index contributed by atoms with van der Waals surface area (Å²) < 4.78 is 7.29. The lowest BCUT2D eigenvalue weighted by Gasteiger charge is -2.11. The number of carbonyl (C=O) groups is 2. The number of nitrogens with one attached hydrogen (secondary N) is 1. The Balaban J connectivity index is 1.68. The van der Waals surface area contributed by atoms with Gasteiger partial charge in [0.15, 0.2) is 6.61 Å². The fraction of sp³-hybridized carbons (Fsp3) is 0.136. The maximum atomic E-state index is 12.0. The maximum Gasteiger partial charge on any atom is 0.337 e. The van der Waals surface area contributed by atoms with Crippen LogP contribution in [-0.2, 0) is 4.79 Å². The van der Waals surface area contributed by atoms with Crippen LogP contribution < -0.4 is 10.2 Å². The van der Waals surface area contributed by atoms with E-state index in [1.807, 2.05) is 24.5 Å². The average molecular weight is 460 g/mol. The number of nitrogens with zero attached hydrogens (tertiary/aromatic N) is 2. The van der Waals surface area contributed by atoms with Crippen LogP contribution in [0.25, 0.3) is 5.69 Å². The highest BCUT2D eigenvalue weighted by molar-refractivity contribution is 6.33. The highest BCUT2D eigenvalue weighted by Gasteiger charge is 2.14. The largest absolute Gasteiger partial charge is 0.482 e. The number of aromatic nitrogens is 1. The standard InChI is InChI=1S/C22H19Cl2N3O4/c1-13-9-15(11-25-26-21(28)12-31-20-6-4-3-5-18(20)23)14(2)27(13)16-7-8-17(22(29)30)19(24)10-16/h3-11H,12H2,1-2H3,(H,26,28)(H,29,30)/b25-11+. The molecule has 0 radical (unpaired) electrons. The molecule has 3 aromatic rings. The Kier molecular flexibility index (Phi) is 6.99. The van der Waals surface area contributed by atoms with E-state index in [0.717, 1.165) is 22.6 Å². The van der Waals surface area contributed by atoms with Crippen LogP contribution in [0.15, 0.2) is 53.6 Å². The second kappa shape index (κ2) is 9.68. The normalized spacial score (nSPS) is 11.0. The molecule has 0 aliphatic heterocycles. The van der Waals surface area contributed by atoms with Gasteiger partial charge in [0.25, 0.3) is 5.91 Å². The number of carboxylic acids is 1. The Hall–Kier alpha value is -3.29. The molecule has 0 bridgehead atoms. The number of aromatic carboxylic acids is 1. The van der Waals surface area contributed by atoms with E-state index in [9.17, 15) is 9.59 Å². The highest BCUT2D eigenvalue weighted by atomic mass is 35.5. The number of aryl methyl sites for hydroxylation is 1. The van der Waals surface area contributed by atoms with Crippen molar-refractivity contribution in [1.82, 2.24) is 9.99 Å². The van der Waals surface area contributed by atoms with Gasteiger partial charge in [-0.05, 0) is 50.2 Å². The van der Waals surface area contributed by atoms with Gasteiger partial charge in [0.05, 0.1) is 21.8 Å². The Bertz CT molecular complexity index is 1170. The molecule has 160 valence electrons. The predicted molar refractivity (Wildman–Crippen MR) is 120 cm³/mol. The van der Waals surface area contributed by atoms with Crippen LogP contribution in [0.5, 0.6) is 5.75 Å². The summed E-state index contributed by atoms with van der Waals surface area (Å²) >= 11 is 12.1. The minimum absolute atomic E-state index is 0.0383. The van der Waals surface area contributed by atoms with Crippen LogP contribution in [0, 0.1) is 13.8 Å². The van der Waals surface area contributed by atoms with Crippen LogP contribution in [-0.4, -0.2) is 34.4 Å². The number of benzene rings is 2. The Morgan fingerprint density at radius 2 is 1.87 bits per heavy atom. The number of rotatable bonds is 7. The van der Waals surface area contributed by atoms with Crippen LogP contribution in [0.1, 0.15) is 27.3 Å². The molecule has 2 aromatic carbocycles. The molecule has 1 amide bonds. The molecule has 0 aliphatic carbocycles. The molecule has 2 N–H and O–H groups in total. The zero-order chi connectivity index (χ0) is 22.5. The van der Waals surface area contributed by atoms with Crippen LogP contribution in [0.3, 0.4) is 0 Å². The molecule has 31 heavy (non-hydrogen) atoms. The molecule has 3 rings (SSSR count). The van der Waals surface area contributed by atoms with Gasteiger partial charge in [-0.15, -0.1) is 0 Å². The van der Waals surface area contributed by atoms with E-state index in [2.05, 4.69) is 10.5 Å². The van der Waals surface area contributed by atoms with Crippen molar-refractivity contribution in [2.24, 2.45) is 5.10 Å². The molecular formula is C22H19Cl2N3O4. The second-order valence-corrected chi connectivity index (χ2v) is 7.46. The lowest BCUT2D eigenvalue weighted by Crippen LogP contribution is -2.24. The Morgan fingerprint density at radius 1 is 1.13 bits per heavy atom. The summed E-state index contributed by atoms with van der Waals surface area (Å²) in [5.74, 6) is -1.10. The molecule has 0 aliphatic rings. The number of carbonyl (C=O) groups excluding carboxylic acids is 1. The van der Waals surface area contributed by atoms with Gasteiger partial charge in [-0.2, -0.15) is 5.10 Å². The van der Waals surface area contributed by atoms with Crippen molar-refractivity contribution in [3.05, 3.63) is 81.1 Å². The van der Waals surface area contributed by atoms with Gasteiger partial charge >= 0.3 is 5.97 Å². The number of hydrogen-bond acceptors (Lipinski definition) is 4. The molecule has 0 spiro atoms. The van der Waals surface area contributed by atoms with Gasteiger partial charge in [0.1, 0.15) is 5.75 Å². The van der Waals surface area contributed by atoms with Crippen molar-refractivity contribution in [2.75, 3.05) is 6.61 Å². The van der Waals surface area contributed by atoms with Gasteiger partial charge in [-0.3, -0.25) is 4.79 Å². The first kappa shape index (κ1) is 22.4. The third-order valence-electron chi connectivity index (χ3n) is 4.50. The van der Waals surface area contributed by atoms with Crippen LogP contribution >= 0.6 is 23.2 Å². The summed E-state index contributed by atoms with van der Waals surface area (Å²) in [5.41, 5.74) is 5.70. The quantitative estimate of drug-likeness (QED) is 0.397. The van der Waals surface area contributed by atoms with Crippen molar-refractivity contribution in [2.45, 2.75) is 13.8 Å². The molecule has 7 nitrogen and oxygen atoms in total. The van der Waals surface area contributed by atoms with Crippen molar-refractivity contribution in [3.8, 4) is 11.4 Å². The molecule has 0 atom stereocenters. The molecule has 0 saturated heterocycles. The van der Waals surface area contributed by atoms with Gasteiger partial charge < -0.3 is 14.4 Å². The molecule has 1 heterocycles. The fourth-order valence-corrected chi connectivity index (χ4v) is 3.49. The van der Waals surface area contributed by atoms with Gasteiger partial charge in [0, 0.05) is 22.6 Å². The van der Waals surface area contributed by atoms with E-state index < -0.39 is 11.9 Å². The van der Waals surface area contributed by atoms with Crippen LogP contribution in [0.4, 0.5) is 0 Å². The zero-order valence-corrected chi connectivity index (χ0v) is 18.2. The lowest BCUT2D eigenvalue weighted by molar-refractivity contribution is -0.123. The van der Waals surface area contributed by atoms with Gasteiger partial charge in [0.2, 0.25) is 0 Å². The minimum Gasteiger partial charge on any atom is -0.482 e. The van der Waals surface area contributed by atoms with Crippen molar-refractivity contribution in [3.63, 3.8) is 0 Å². The molecule has 0 fully saturated rings. The second-order valence-electron chi connectivity index (χ2n) is 6.64. The minimum atomic E-state index is -1.08. The van der Waals surface area contributed by atoms with E-state index >= 15 is 0 Å². The first-order valence-electron chi connectivity index (χ1n) is 9.19. The highest BCUT2D eigenvalue weighted by Crippen LogP contribution is 2.25. The average Bonchev–Trinajstić information content (AvgIpc) is 3.00. The summed E-state index contributed by atoms with van der Waals surface area (Å²) in [6, 6.07) is 13.5. The van der Waals surface area contributed by atoms with Gasteiger partial charge in [-0.25, -0.2) is 10.2 Å². The summed E-state index contributed by atoms with van der Waals surface area (Å²) in [6.45, 7) is 3.56. The summed E-state index contributed by atoms with van der Waals surface area (Å²) in [6.07, 6.45) is 1.53. The topological polar surface area (TPSA) is 92.9 Å². The smallest absolute Gasteiger partial charge is 0.337 e. The summed E-state index contributed by atoms with van der Waals surface area (Å²) in [4.78, 5) is 23.1. The van der Waals surface area contributed by atoms with Gasteiger partial charge in [-0.1, -0.05) is 35.3 Å². The molecule has 0 saturated carbocycles. The first-order valence-corrected chi connectivity index (χ1v) is 9.95. The number of carboxylic acid groups (broad SMARTS) is 1. The fourth-order valence-electron chi connectivity index (χ4n) is 3.04. The Morgan fingerprint density at radius 3 is 2.55 bits per heavy atom. The molecular weight excluding hydrogens is 441 g/mol. The third kappa shape index (κ3) is 5.25. The maximum absolute atomic E-state index is 12.0. The van der Waals surface area contributed by atoms with E-state index in [4.69, 9.17) is 33.0 Å². The lowest BCUT2D eigenvalue weighted by atomic mass is 10.2. The van der Waals surface area contributed by atoms with Crippen molar-refractivity contribution >= 4 is 41.3 Å². The van der Waals surface area contributed by atoms with E-state index in [1.54, 1.807) is 36.4 Å². The van der Waals surface area contributed by atoms with Crippen LogP contribution in [0.2, 0.25) is 10.0 Å². The number of para-hydroxylation sites is 1. The summed E-state index contributed by atoms with van der Waals surface area (Å²) in [7, 11) is 0. The predicted octanol–water partition coefficient (Wildman–Crippen LogP) is 4.63. The number of hydrogen-bond donors (Lipinski definition) is 2. The van der Waals surface area contributed by atoms with E-state index in [0.29, 0.717) is 10.8 Å². The SMILES string of the molecule is Cc1cc(/C=N/NC(=O)COc2ccccc2Cl)c(C)n1-c1ccc(C(=O)O)c(Cl)c1. The number of hydrazone groups is 1. The molecule has 0 unspecified atom stereocenters. The number of halogens is 2. The van der Waals surface area contributed by atoms with Crippen molar-refractivity contribution < 1.29 is 19.4 Å². The van der Waals surface area contributed by atoms with E-state index in [1.165, 1.54) is 12.3 Å². The zero-order valence-electron chi connectivity index (χ0n) is 16.7. The molecule has 9 heteroatoms. The van der Waals surface area contributed by atoms with E-state index in [-0.39, 0.29) is 17.2 Å². The Labute approximate surface area is 188 Å². The number of ether oxygens (including phenoxy) is 1. The third-order valence-corrected chi connectivity index (χ3v) is 5.12. The monoisotopic (exact) mass is 459 g/mol. The number of amides is 1. The molecule has 1 aromatic heterocycles. The van der Waals surface area contributed by atoms with Crippen molar-refractivity contribution in [1.29, 1.82) is 0 Å².